The molecule has 0 aromatic rings. The third-order valence-electron chi connectivity index (χ3n) is 3.72. The zero-order valence-electron chi connectivity index (χ0n) is 10.6. The van der Waals surface area contributed by atoms with Gasteiger partial charge in [-0.15, -0.1) is 0 Å². The molecule has 16 heavy (non-hydrogen) atoms. The quantitative estimate of drug-likeness (QED) is 0.729. The van der Waals surface area contributed by atoms with Gasteiger partial charge in [0.1, 0.15) is 0 Å². The molecule has 0 spiro atoms. The molecule has 1 unspecified atom stereocenters. The molecule has 1 amide bonds. The van der Waals surface area contributed by atoms with Gasteiger partial charge in [-0.05, 0) is 19.8 Å². The largest absolute Gasteiger partial charge is 0.386 e. The van der Waals surface area contributed by atoms with Crippen molar-refractivity contribution >= 4 is 5.91 Å². The number of β-amino-alcohol motifs (C(OH)–C–C–N with tert-alkyl or cyclic N) is 1. The molecule has 1 fully saturated rings. The van der Waals surface area contributed by atoms with E-state index in [4.69, 9.17) is 5.73 Å². The number of nitrogens with zero attached hydrogens (tertiary/aromatic N) is 1. The van der Waals surface area contributed by atoms with Crippen LogP contribution in [0.1, 0.15) is 40.0 Å². The number of likely N-dealkylation sites (tertiary alicyclic amines) is 1. The molecule has 4 nitrogen and oxygen atoms in total. The van der Waals surface area contributed by atoms with Crippen molar-refractivity contribution in [2.24, 2.45) is 11.1 Å². The minimum absolute atomic E-state index is 0.0817. The fourth-order valence-corrected chi connectivity index (χ4v) is 2.20. The lowest BCUT2D eigenvalue weighted by atomic mass is 9.81. The Balaban J connectivity index is 2.54. The molecule has 1 aliphatic heterocycles. The Labute approximate surface area is 97.8 Å². The fraction of sp³-hybridized carbons (Fsp3) is 0.917. The second kappa shape index (κ2) is 4.72. The highest BCUT2D eigenvalue weighted by Crippen LogP contribution is 2.31. The highest BCUT2D eigenvalue weighted by molar-refractivity contribution is 5.83. The Hall–Kier alpha value is -0.610. The van der Waals surface area contributed by atoms with Crippen molar-refractivity contribution in [1.82, 2.24) is 4.90 Å². The Morgan fingerprint density at radius 2 is 2.06 bits per heavy atom. The van der Waals surface area contributed by atoms with E-state index >= 15 is 0 Å². The number of hydrogen-bond acceptors (Lipinski definition) is 3. The summed E-state index contributed by atoms with van der Waals surface area (Å²) in [6.45, 7) is 7.21. The molecule has 3 N–H and O–H groups in total. The van der Waals surface area contributed by atoms with Gasteiger partial charge in [0.25, 0.3) is 0 Å². The summed E-state index contributed by atoms with van der Waals surface area (Å²) in [7, 11) is 0. The van der Waals surface area contributed by atoms with Crippen molar-refractivity contribution in [1.29, 1.82) is 0 Å². The number of aliphatic hydroxyl groups is 1. The van der Waals surface area contributed by atoms with Crippen LogP contribution in [0.5, 0.6) is 0 Å². The van der Waals surface area contributed by atoms with Crippen molar-refractivity contribution in [3.63, 3.8) is 0 Å². The van der Waals surface area contributed by atoms with E-state index in [1.165, 1.54) is 0 Å². The number of hydrogen-bond donors (Lipinski definition) is 2. The maximum Gasteiger partial charge on any atom is 0.229 e. The molecule has 0 saturated carbocycles. The predicted octanol–water partition coefficient (Wildman–Crippen LogP) is 0.735. The topological polar surface area (TPSA) is 66.6 Å². The van der Waals surface area contributed by atoms with E-state index in [-0.39, 0.29) is 5.91 Å². The molecule has 4 heteroatoms. The number of amides is 1. The molecular formula is C12H24N2O2. The van der Waals surface area contributed by atoms with E-state index < -0.39 is 11.0 Å². The highest BCUT2D eigenvalue weighted by Gasteiger charge is 2.46. The van der Waals surface area contributed by atoms with Gasteiger partial charge in [0.2, 0.25) is 5.91 Å². The van der Waals surface area contributed by atoms with Crippen molar-refractivity contribution in [3.8, 4) is 0 Å². The van der Waals surface area contributed by atoms with Crippen LogP contribution in [0.3, 0.4) is 0 Å². The minimum atomic E-state index is -0.645. The third-order valence-corrected chi connectivity index (χ3v) is 3.72. The van der Waals surface area contributed by atoms with Gasteiger partial charge >= 0.3 is 0 Å². The Morgan fingerprint density at radius 3 is 2.44 bits per heavy atom. The van der Waals surface area contributed by atoms with Gasteiger partial charge in [0.05, 0.1) is 24.1 Å². The molecule has 0 bridgehead atoms. The number of nitrogens with two attached hydrogens (primary N) is 1. The maximum atomic E-state index is 12.1. The van der Waals surface area contributed by atoms with Crippen molar-refractivity contribution in [2.75, 3.05) is 19.6 Å². The summed E-state index contributed by atoms with van der Waals surface area (Å²) in [5, 5.41) is 10.0. The molecule has 1 atom stereocenters. The first-order chi connectivity index (χ1) is 7.40. The van der Waals surface area contributed by atoms with Crippen LogP contribution in [-0.2, 0) is 4.79 Å². The molecular weight excluding hydrogens is 204 g/mol. The first-order valence-electron chi connectivity index (χ1n) is 6.12. The molecule has 0 aromatic heterocycles. The standard InChI is InChI=1S/C12H24N2O2/c1-4-6-12(16)8-14(9-12)10(15)11(3,5-2)7-13/h16H,4-9,13H2,1-3H3. The van der Waals surface area contributed by atoms with Gasteiger partial charge < -0.3 is 15.7 Å². The molecule has 1 rings (SSSR count). The molecule has 0 aliphatic carbocycles. The summed E-state index contributed by atoms with van der Waals surface area (Å²) in [5.74, 6) is 0.0817. The smallest absolute Gasteiger partial charge is 0.229 e. The van der Waals surface area contributed by atoms with E-state index in [2.05, 4.69) is 0 Å². The molecule has 1 aliphatic rings. The summed E-state index contributed by atoms with van der Waals surface area (Å²) in [6, 6.07) is 0. The van der Waals surface area contributed by atoms with Crippen molar-refractivity contribution in [3.05, 3.63) is 0 Å². The van der Waals surface area contributed by atoms with Crippen LogP contribution >= 0.6 is 0 Å². The highest BCUT2D eigenvalue weighted by atomic mass is 16.3. The van der Waals surface area contributed by atoms with Gasteiger partial charge in [-0.3, -0.25) is 4.79 Å². The average molecular weight is 228 g/mol. The van der Waals surface area contributed by atoms with Gasteiger partial charge in [-0.25, -0.2) is 0 Å². The SMILES string of the molecule is CCCC1(O)CN(C(=O)C(C)(CC)CN)C1. The van der Waals surface area contributed by atoms with E-state index in [1.807, 2.05) is 20.8 Å². The lowest BCUT2D eigenvalue weighted by Crippen LogP contribution is -2.66. The number of rotatable bonds is 5. The van der Waals surface area contributed by atoms with E-state index in [0.29, 0.717) is 19.6 Å². The summed E-state index contributed by atoms with van der Waals surface area (Å²) in [4.78, 5) is 13.9. The molecule has 94 valence electrons. The van der Waals surface area contributed by atoms with Crippen LogP contribution < -0.4 is 5.73 Å². The zero-order valence-corrected chi connectivity index (χ0v) is 10.6. The van der Waals surface area contributed by atoms with Crippen LogP contribution in [0, 0.1) is 5.41 Å². The van der Waals surface area contributed by atoms with Crippen LogP contribution in [0.25, 0.3) is 0 Å². The minimum Gasteiger partial charge on any atom is -0.386 e. The molecule has 0 aromatic carbocycles. The average Bonchev–Trinajstić information content (AvgIpc) is 2.24. The lowest BCUT2D eigenvalue weighted by Gasteiger charge is -2.49. The van der Waals surface area contributed by atoms with E-state index in [9.17, 15) is 9.90 Å². The lowest BCUT2D eigenvalue weighted by molar-refractivity contribution is -0.165. The first-order valence-corrected chi connectivity index (χ1v) is 6.12. The summed E-state index contributed by atoms with van der Waals surface area (Å²) in [5.41, 5.74) is 4.54. The Bertz CT molecular complexity index is 256. The first kappa shape index (κ1) is 13.5. The van der Waals surface area contributed by atoms with Crippen LogP contribution in [0.15, 0.2) is 0 Å². The summed E-state index contributed by atoms with van der Waals surface area (Å²) < 4.78 is 0. The zero-order chi connectivity index (χ0) is 12.4. The Morgan fingerprint density at radius 1 is 1.50 bits per heavy atom. The number of carbonyl (C=O) groups is 1. The molecule has 1 saturated heterocycles. The third kappa shape index (κ3) is 2.38. The van der Waals surface area contributed by atoms with Crippen LogP contribution in [0.4, 0.5) is 0 Å². The monoisotopic (exact) mass is 228 g/mol. The second-order valence-electron chi connectivity index (χ2n) is 5.25. The van der Waals surface area contributed by atoms with Gasteiger partial charge in [0, 0.05) is 6.54 Å². The van der Waals surface area contributed by atoms with Gasteiger partial charge in [-0.1, -0.05) is 20.3 Å². The molecule has 0 radical (unpaired) electrons. The molecule has 1 heterocycles. The fourth-order valence-electron chi connectivity index (χ4n) is 2.20. The van der Waals surface area contributed by atoms with Crippen molar-refractivity contribution in [2.45, 2.75) is 45.6 Å². The second-order valence-corrected chi connectivity index (χ2v) is 5.25. The van der Waals surface area contributed by atoms with Crippen molar-refractivity contribution < 1.29 is 9.90 Å². The number of carbonyl (C=O) groups excluding carboxylic acids is 1. The van der Waals surface area contributed by atoms with Gasteiger partial charge in [-0.2, -0.15) is 0 Å². The van der Waals surface area contributed by atoms with Crippen LogP contribution in [-0.4, -0.2) is 41.1 Å². The maximum absolute atomic E-state index is 12.1. The van der Waals surface area contributed by atoms with Crippen LogP contribution in [0.2, 0.25) is 0 Å². The van der Waals surface area contributed by atoms with E-state index in [0.717, 1.165) is 19.3 Å². The van der Waals surface area contributed by atoms with E-state index in [1.54, 1.807) is 4.90 Å². The summed E-state index contributed by atoms with van der Waals surface area (Å²) >= 11 is 0. The van der Waals surface area contributed by atoms with Gasteiger partial charge in [0.15, 0.2) is 0 Å². The summed E-state index contributed by atoms with van der Waals surface area (Å²) in [6.07, 6.45) is 2.45. The Kier molecular flexibility index (Phi) is 3.97. The normalized spacial score (nSPS) is 22.4. The predicted molar refractivity (Wildman–Crippen MR) is 63.9 cm³/mol.